The van der Waals surface area contributed by atoms with Gasteiger partial charge in [-0.1, -0.05) is 6.58 Å². The average Bonchev–Trinajstić information content (AvgIpc) is 2.96. The van der Waals surface area contributed by atoms with E-state index in [2.05, 4.69) is 16.5 Å². The Kier molecular flexibility index (Phi) is 2.69. The maximum absolute atomic E-state index is 13.4. The topological polar surface area (TPSA) is 25.8 Å². The largest absolute Gasteiger partial charge is 0.297 e. The molecule has 0 spiro atoms. The van der Waals surface area contributed by atoms with E-state index in [4.69, 9.17) is 0 Å². The standard InChI is InChI=1S/C11H11F3N2/c1-7(4-11(14)2-3-11)8-5-15-10(9(12)13)16-6-8/h5-6,9H,1-4H2. The molecule has 2 nitrogen and oxygen atoms in total. The molecule has 0 N–H and O–H groups in total. The summed E-state index contributed by atoms with van der Waals surface area (Å²) in [5.74, 6) is -0.516. The van der Waals surface area contributed by atoms with Gasteiger partial charge in [-0.15, -0.1) is 0 Å². The fourth-order valence-corrected chi connectivity index (χ4v) is 1.43. The van der Waals surface area contributed by atoms with Crippen LogP contribution in [0.25, 0.3) is 5.57 Å². The summed E-state index contributed by atoms with van der Waals surface area (Å²) in [6.07, 6.45) is 1.16. The molecule has 1 fully saturated rings. The number of rotatable bonds is 4. The lowest BCUT2D eigenvalue weighted by Crippen LogP contribution is -2.02. The van der Waals surface area contributed by atoms with Gasteiger partial charge in [0, 0.05) is 24.4 Å². The second kappa shape index (κ2) is 3.88. The Labute approximate surface area is 91.2 Å². The first kappa shape index (κ1) is 11.1. The molecule has 1 heterocycles. The van der Waals surface area contributed by atoms with Gasteiger partial charge in [-0.3, -0.25) is 0 Å². The van der Waals surface area contributed by atoms with Crippen LogP contribution in [0.3, 0.4) is 0 Å². The summed E-state index contributed by atoms with van der Waals surface area (Å²) in [5, 5.41) is 0. The molecule has 0 atom stereocenters. The Balaban J connectivity index is 2.06. The Bertz CT molecular complexity index is 396. The number of allylic oxidation sites excluding steroid dienone is 1. The van der Waals surface area contributed by atoms with Gasteiger partial charge in [-0.05, 0) is 18.4 Å². The van der Waals surface area contributed by atoms with Gasteiger partial charge in [-0.2, -0.15) is 0 Å². The molecule has 1 aromatic rings. The molecule has 1 aromatic heterocycles. The van der Waals surface area contributed by atoms with Gasteiger partial charge in [0.1, 0.15) is 5.67 Å². The summed E-state index contributed by atoms with van der Waals surface area (Å²) in [5.41, 5.74) is -0.0625. The van der Waals surface area contributed by atoms with Crippen molar-refractivity contribution in [1.82, 2.24) is 9.97 Å². The molecular formula is C11H11F3N2. The van der Waals surface area contributed by atoms with E-state index < -0.39 is 17.9 Å². The summed E-state index contributed by atoms with van der Waals surface area (Å²) in [4.78, 5) is 7.01. The highest BCUT2D eigenvalue weighted by atomic mass is 19.3. The van der Waals surface area contributed by atoms with Crippen molar-refractivity contribution in [3.8, 4) is 0 Å². The minimum atomic E-state index is -2.68. The molecule has 1 aliphatic rings. The van der Waals surface area contributed by atoms with Crippen molar-refractivity contribution >= 4 is 5.57 Å². The lowest BCUT2D eigenvalue weighted by Gasteiger charge is -2.08. The quantitative estimate of drug-likeness (QED) is 0.790. The number of halogens is 3. The number of nitrogens with zero attached hydrogens (tertiary/aromatic N) is 2. The molecule has 0 saturated heterocycles. The van der Waals surface area contributed by atoms with Crippen LogP contribution in [-0.4, -0.2) is 15.6 Å². The second-order valence-corrected chi connectivity index (χ2v) is 4.06. The minimum absolute atomic E-state index is 0.227. The summed E-state index contributed by atoms with van der Waals surface area (Å²) in [6.45, 7) is 3.72. The van der Waals surface area contributed by atoms with Crippen LogP contribution in [0.2, 0.25) is 0 Å². The summed E-state index contributed by atoms with van der Waals surface area (Å²) in [6, 6.07) is 0. The van der Waals surface area contributed by atoms with Crippen LogP contribution in [0.15, 0.2) is 19.0 Å². The SMILES string of the molecule is C=C(CC1(F)CC1)c1cnc(C(F)F)nc1. The molecule has 0 bridgehead atoms. The van der Waals surface area contributed by atoms with Crippen molar-refractivity contribution in [3.63, 3.8) is 0 Å². The number of aromatic nitrogens is 2. The van der Waals surface area contributed by atoms with Gasteiger partial charge in [0.2, 0.25) is 0 Å². The highest BCUT2D eigenvalue weighted by Crippen LogP contribution is 2.46. The zero-order valence-electron chi connectivity index (χ0n) is 8.59. The molecule has 0 aliphatic heterocycles. The van der Waals surface area contributed by atoms with Crippen LogP contribution < -0.4 is 0 Å². The van der Waals surface area contributed by atoms with Crippen molar-refractivity contribution in [2.75, 3.05) is 0 Å². The monoisotopic (exact) mass is 228 g/mol. The van der Waals surface area contributed by atoms with E-state index in [1.54, 1.807) is 0 Å². The van der Waals surface area contributed by atoms with E-state index in [9.17, 15) is 13.2 Å². The minimum Gasteiger partial charge on any atom is -0.244 e. The van der Waals surface area contributed by atoms with Gasteiger partial charge < -0.3 is 0 Å². The molecule has 16 heavy (non-hydrogen) atoms. The van der Waals surface area contributed by atoms with Crippen LogP contribution in [0, 0.1) is 0 Å². The third kappa shape index (κ3) is 2.40. The number of alkyl halides is 3. The number of hydrogen-bond donors (Lipinski definition) is 0. The first-order valence-electron chi connectivity index (χ1n) is 4.97. The highest BCUT2D eigenvalue weighted by Gasteiger charge is 2.43. The Morgan fingerprint density at radius 1 is 1.38 bits per heavy atom. The molecule has 0 amide bonds. The van der Waals surface area contributed by atoms with Gasteiger partial charge in [0.05, 0.1) is 0 Å². The maximum atomic E-state index is 13.4. The van der Waals surface area contributed by atoms with Crippen molar-refractivity contribution < 1.29 is 13.2 Å². The van der Waals surface area contributed by atoms with E-state index in [-0.39, 0.29) is 6.42 Å². The second-order valence-electron chi connectivity index (χ2n) is 4.06. The van der Waals surface area contributed by atoms with Gasteiger partial charge >= 0.3 is 0 Å². The highest BCUT2D eigenvalue weighted by molar-refractivity contribution is 5.63. The summed E-state index contributed by atoms with van der Waals surface area (Å²) in [7, 11) is 0. The molecule has 0 unspecified atom stereocenters. The lowest BCUT2D eigenvalue weighted by atomic mass is 10.0. The predicted molar refractivity (Wildman–Crippen MR) is 53.7 cm³/mol. The van der Waals surface area contributed by atoms with Crippen molar-refractivity contribution in [2.45, 2.75) is 31.4 Å². The third-order valence-corrected chi connectivity index (χ3v) is 2.60. The first-order valence-corrected chi connectivity index (χ1v) is 4.97. The van der Waals surface area contributed by atoms with Crippen LogP contribution in [0.5, 0.6) is 0 Å². The van der Waals surface area contributed by atoms with Crippen LogP contribution in [0.4, 0.5) is 13.2 Å². The zero-order valence-corrected chi connectivity index (χ0v) is 8.59. The molecule has 1 aliphatic carbocycles. The van der Waals surface area contributed by atoms with Gasteiger partial charge in [0.25, 0.3) is 6.43 Å². The summed E-state index contributed by atoms with van der Waals surface area (Å²) >= 11 is 0. The van der Waals surface area contributed by atoms with Crippen molar-refractivity contribution in [3.05, 3.63) is 30.4 Å². The van der Waals surface area contributed by atoms with E-state index in [0.29, 0.717) is 24.0 Å². The van der Waals surface area contributed by atoms with Crippen molar-refractivity contribution in [2.24, 2.45) is 0 Å². The fourth-order valence-electron chi connectivity index (χ4n) is 1.43. The van der Waals surface area contributed by atoms with E-state index in [1.165, 1.54) is 12.4 Å². The predicted octanol–water partition coefficient (Wildman–Crippen LogP) is 3.32. The molecule has 0 radical (unpaired) electrons. The number of hydrogen-bond acceptors (Lipinski definition) is 2. The Morgan fingerprint density at radius 2 is 1.94 bits per heavy atom. The third-order valence-electron chi connectivity index (χ3n) is 2.60. The lowest BCUT2D eigenvalue weighted by molar-refractivity contribution is 0.140. The van der Waals surface area contributed by atoms with Gasteiger partial charge in [-0.25, -0.2) is 23.1 Å². The molecule has 5 heteroatoms. The smallest absolute Gasteiger partial charge is 0.244 e. The molecule has 1 saturated carbocycles. The van der Waals surface area contributed by atoms with Crippen LogP contribution in [0.1, 0.15) is 37.1 Å². The molecule has 0 aromatic carbocycles. The van der Waals surface area contributed by atoms with E-state index >= 15 is 0 Å². The first-order chi connectivity index (χ1) is 7.50. The fraction of sp³-hybridized carbons (Fsp3) is 0.455. The molecular weight excluding hydrogens is 217 g/mol. The zero-order chi connectivity index (χ0) is 11.8. The van der Waals surface area contributed by atoms with Crippen LogP contribution in [-0.2, 0) is 0 Å². The summed E-state index contributed by atoms with van der Waals surface area (Å²) < 4.78 is 37.8. The Morgan fingerprint density at radius 3 is 2.38 bits per heavy atom. The van der Waals surface area contributed by atoms with Crippen LogP contribution >= 0.6 is 0 Å². The van der Waals surface area contributed by atoms with E-state index in [1.807, 2.05) is 0 Å². The molecule has 2 rings (SSSR count). The van der Waals surface area contributed by atoms with Gasteiger partial charge in [0.15, 0.2) is 5.82 Å². The molecule has 86 valence electrons. The Hall–Kier alpha value is -1.39. The normalized spacial score (nSPS) is 17.5. The van der Waals surface area contributed by atoms with Crippen molar-refractivity contribution in [1.29, 1.82) is 0 Å². The van der Waals surface area contributed by atoms with E-state index in [0.717, 1.165) is 0 Å². The average molecular weight is 228 g/mol. The maximum Gasteiger partial charge on any atom is 0.297 e.